The first-order chi connectivity index (χ1) is 10.7. The third kappa shape index (κ3) is 4.61. The first-order valence-corrected chi connectivity index (χ1v) is 8.99. The van der Waals surface area contributed by atoms with Gasteiger partial charge in [-0.1, -0.05) is 0 Å². The molecule has 0 aromatic carbocycles. The SMILES string of the molecule is CC1CCCC(C)N1C(=O)C1CCN(C(=O)OC(C)(C)C)CC1. The van der Waals surface area contributed by atoms with Crippen molar-refractivity contribution >= 4 is 12.0 Å². The van der Waals surface area contributed by atoms with Crippen molar-refractivity contribution in [2.45, 2.75) is 84.4 Å². The molecule has 132 valence electrons. The van der Waals surface area contributed by atoms with Gasteiger partial charge >= 0.3 is 6.09 Å². The standard InChI is InChI=1S/C18H32N2O3/c1-13-7-6-8-14(2)20(13)16(21)15-9-11-19(12-10-15)17(22)23-18(3,4)5/h13-15H,6-12H2,1-5H3. The second-order valence-electron chi connectivity index (χ2n) is 8.12. The van der Waals surface area contributed by atoms with Crippen molar-refractivity contribution in [3.8, 4) is 0 Å². The molecular formula is C18H32N2O3. The fraction of sp³-hybridized carbons (Fsp3) is 0.889. The minimum Gasteiger partial charge on any atom is -0.444 e. The minimum absolute atomic E-state index is 0.0525. The molecule has 5 heteroatoms. The highest BCUT2D eigenvalue weighted by Crippen LogP contribution is 2.28. The van der Waals surface area contributed by atoms with Gasteiger partial charge in [0.15, 0.2) is 0 Å². The normalized spacial score (nSPS) is 27.0. The Kier molecular flexibility index (Phi) is 5.58. The van der Waals surface area contributed by atoms with Gasteiger partial charge in [-0.25, -0.2) is 4.79 Å². The van der Waals surface area contributed by atoms with E-state index >= 15 is 0 Å². The van der Waals surface area contributed by atoms with Gasteiger partial charge in [0.1, 0.15) is 5.60 Å². The lowest BCUT2D eigenvalue weighted by molar-refractivity contribution is -0.143. The summed E-state index contributed by atoms with van der Waals surface area (Å²) in [6.45, 7) is 11.2. The average Bonchev–Trinajstić information content (AvgIpc) is 2.45. The van der Waals surface area contributed by atoms with Crippen molar-refractivity contribution in [1.29, 1.82) is 0 Å². The van der Waals surface area contributed by atoms with Crippen LogP contribution < -0.4 is 0 Å². The zero-order valence-corrected chi connectivity index (χ0v) is 15.3. The molecule has 2 fully saturated rings. The Morgan fingerprint density at radius 3 is 1.96 bits per heavy atom. The number of likely N-dealkylation sites (tertiary alicyclic amines) is 2. The van der Waals surface area contributed by atoms with Crippen molar-refractivity contribution < 1.29 is 14.3 Å². The van der Waals surface area contributed by atoms with Crippen molar-refractivity contribution in [3.05, 3.63) is 0 Å². The van der Waals surface area contributed by atoms with E-state index in [0.29, 0.717) is 25.2 Å². The molecule has 0 aromatic rings. The lowest BCUT2D eigenvalue weighted by Gasteiger charge is -2.42. The number of hydrogen-bond acceptors (Lipinski definition) is 3. The molecule has 0 aliphatic carbocycles. The van der Waals surface area contributed by atoms with E-state index in [9.17, 15) is 9.59 Å². The van der Waals surface area contributed by atoms with Gasteiger partial charge in [-0.2, -0.15) is 0 Å². The van der Waals surface area contributed by atoms with Crippen LogP contribution in [0.5, 0.6) is 0 Å². The van der Waals surface area contributed by atoms with Gasteiger partial charge in [-0.05, 0) is 66.7 Å². The van der Waals surface area contributed by atoms with Crippen LogP contribution in [-0.2, 0) is 9.53 Å². The van der Waals surface area contributed by atoms with Crippen molar-refractivity contribution in [1.82, 2.24) is 9.80 Å². The summed E-state index contributed by atoms with van der Waals surface area (Å²) in [4.78, 5) is 28.8. The van der Waals surface area contributed by atoms with Crippen molar-refractivity contribution in [3.63, 3.8) is 0 Å². The number of hydrogen-bond donors (Lipinski definition) is 0. The van der Waals surface area contributed by atoms with E-state index < -0.39 is 5.60 Å². The van der Waals surface area contributed by atoms with Crippen LogP contribution in [0.1, 0.15) is 66.7 Å². The molecule has 0 saturated carbocycles. The van der Waals surface area contributed by atoms with Crippen LogP contribution >= 0.6 is 0 Å². The maximum Gasteiger partial charge on any atom is 0.410 e. The third-order valence-corrected chi connectivity index (χ3v) is 4.94. The summed E-state index contributed by atoms with van der Waals surface area (Å²) in [5.74, 6) is 0.338. The molecule has 2 saturated heterocycles. The molecular weight excluding hydrogens is 292 g/mol. The Labute approximate surface area is 140 Å². The zero-order valence-electron chi connectivity index (χ0n) is 15.3. The molecule has 0 N–H and O–H groups in total. The molecule has 0 bridgehead atoms. The van der Waals surface area contributed by atoms with Gasteiger partial charge in [0.05, 0.1) is 0 Å². The smallest absolute Gasteiger partial charge is 0.410 e. The predicted molar refractivity (Wildman–Crippen MR) is 90.2 cm³/mol. The van der Waals surface area contributed by atoms with E-state index in [1.807, 2.05) is 20.8 Å². The first kappa shape index (κ1) is 18.1. The van der Waals surface area contributed by atoms with E-state index in [0.717, 1.165) is 25.7 Å². The van der Waals surface area contributed by atoms with Crippen LogP contribution in [0.2, 0.25) is 0 Å². The molecule has 0 spiro atoms. The summed E-state index contributed by atoms with van der Waals surface area (Å²) in [5.41, 5.74) is -0.470. The maximum absolute atomic E-state index is 12.9. The summed E-state index contributed by atoms with van der Waals surface area (Å²) >= 11 is 0. The molecule has 2 aliphatic rings. The number of amides is 2. The van der Waals surface area contributed by atoms with E-state index in [1.165, 1.54) is 6.42 Å². The zero-order chi connectivity index (χ0) is 17.2. The summed E-state index contributed by atoms with van der Waals surface area (Å²) in [5, 5.41) is 0. The van der Waals surface area contributed by atoms with E-state index in [4.69, 9.17) is 4.74 Å². The summed E-state index contributed by atoms with van der Waals surface area (Å²) in [6, 6.07) is 0.685. The lowest BCUT2D eigenvalue weighted by atomic mass is 9.91. The molecule has 0 aromatic heterocycles. The molecule has 2 atom stereocenters. The Hall–Kier alpha value is -1.26. The van der Waals surface area contributed by atoms with Crippen LogP contribution in [0.4, 0.5) is 4.79 Å². The number of piperidine rings is 2. The van der Waals surface area contributed by atoms with Gasteiger partial charge in [0.2, 0.25) is 5.91 Å². The number of carbonyl (C=O) groups excluding carboxylic acids is 2. The Morgan fingerprint density at radius 2 is 1.48 bits per heavy atom. The van der Waals surface area contributed by atoms with Crippen molar-refractivity contribution in [2.75, 3.05) is 13.1 Å². The number of carbonyl (C=O) groups is 2. The quantitative estimate of drug-likeness (QED) is 0.742. The van der Waals surface area contributed by atoms with Crippen LogP contribution in [0.3, 0.4) is 0 Å². The number of nitrogens with zero attached hydrogens (tertiary/aromatic N) is 2. The molecule has 2 amide bonds. The van der Waals surface area contributed by atoms with Gasteiger partial charge in [0.25, 0.3) is 0 Å². The topological polar surface area (TPSA) is 49.9 Å². The Bertz CT molecular complexity index is 426. The highest BCUT2D eigenvalue weighted by atomic mass is 16.6. The first-order valence-electron chi connectivity index (χ1n) is 8.99. The summed E-state index contributed by atoms with van der Waals surface area (Å²) < 4.78 is 5.41. The van der Waals surface area contributed by atoms with Gasteiger partial charge in [0, 0.05) is 31.1 Å². The molecule has 2 heterocycles. The summed E-state index contributed by atoms with van der Waals surface area (Å²) in [7, 11) is 0. The minimum atomic E-state index is -0.470. The van der Waals surface area contributed by atoms with Crippen LogP contribution in [0.25, 0.3) is 0 Å². The lowest BCUT2D eigenvalue weighted by Crippen LogP contribution is -2.52. The highest BCUT2D eigenvalue weighted by Gasteiger charge is 2.36. The van der Waals surface area contributed by atoms with Gasteiger partial charge in [-0.15, -0.1) is 0 Å². The molecule has 0 radical (unpaired) electrons. The van der Waals surface area contributed by atoms with Gasteiger partial charge in [-0.3, -0.25) is 4.79 Å². The molecule has 2 rings (SSSR count). The van der Waals surface area contributed by atoms with E-state index in [2.05, 4.69) is 18.7 Å². The summed E-state index contributed by atoms with van der Waals surface area (Å²) in [6.07, 6.45) is 4.65. The highest BCUT2D eigenvalue weighted by molar-refractivity contribution is 5.80. The maximum atomic E-state index is 12.9. The van der Waals surface area contributed by atoms with Crippen molar-refractivity contribution in [2.24, 2.45) is 5.92 Å². The van der Waals surface area contributed by atoms with E-state index in [-0.39, 0.29) is 17.9 Å². The van der Waals surface area contributed by atoms with Gasteiger partial charge < -0.3 is 14.5 Å². The second-order valence-corrected chi connectivity index (χ2v) is 8.12. The number of rotatable bonds is 1. The number of ether oxygens (including phenoxy) is 1. The fourth-order valence-corrected chi connectivity index (χ4v) is 3.70. The molecule has 5 nitrogen and oxygen atoms in total. The second kappa shape index (κ2) is 7.10. The van der Waals surface area contributed by atoms with Crippen LogP contribution in [0, 0.1) is 5.92 Å². The average molecular weight is 324 g/mol. The van der Waals surface area contributed by atoms with Crippen LogP contribution in [-0.4, -0.2) is 52.6 Å². The molecule has 2 unspecified atom stereocenters. The fourth-order valence-electron chi connectivity index (χ4n) is 3.70. The third-order valence-electron chi connectivity index (χ3n) is 4.94. The Balaban J connectivity index is 1.88. The monoisotopic (exact) mass is 324 g/mol. The predicted octanol–water partition coefficient (Wildman–Crippen LogP) is 3.42. The van der Waals surface area contributed by atoms with Crippen LogP contribution in [0.15, 0.2) is 0 Å². The Morgan fingerprint density at radius 1 is 0.957 bits per heavy atom. The molecule has 2 aliphatic heterocycles. The molecule has 23 heavy (non-hydrogen) atoms. The van der Waals surface area contributed by atoms with E-state index in [1.54, 1.807) is 4.90 Å². The largest absolute Gasteiger partial charge is 0.444 e.